The molecule has 24 heavy (non-hydrogen) atoms. The van der Waals surface area contributed by atoms with Gasteiger partial charge in [0, 0.05) is 56.4 Å². The molecule has 4 nitrogen and oxygen atoms in total. The highest BCUT2D eigenvalue weighted by Gasteiger charge is 2.14. The SMILES string of the molecule is Clc1ccc2[nH]cc(-c3nc(-c4c[nH]c5ncccc45)cs3)c2c1. The number of fused-ring (bicyclic) bond motifs is 2. The van der Waals surface area contributed by atoms with Crippen molar-refractivity contribution in [2.75, 3.05) is 0 Å². The minimum absolute atomic E-state index is 0.725. The molecule has 1 aromatic carbocycles. The Morgan fingerprint density at radius 3 is 2.88 bits per heavy atom. The molecule has 5 aromatic rings. The number of hydrogen-bond acceptors (Lipinski definition) is 3. The highest BCUT2D eigenvalue weighted by atomic mass is 35.5. The van der Waals surface area contributed by atoms with Gasteiger partial charge in [-0.2, -0.15) is 0 Å². The van der Waals surface area contributed by atoms with Crippen molar-refractivity contribution in [2.24, 2.45) is 0 Å². The van der Waals surface area contributed by atoms with Crippen LogP contribution in [0.5, 0.6) is 0 Å². The van der Waals surface area contributed by atoms with E-state index in [1.807, 2.05) is 36.7 Å². The van der Waals surface area contributed by atoms with Crippen molar-refractivity contribution >= 4 is 44.9 Å². The number of thiazole rings is 1. The number of nitrogens with zero attached hydrogens (tertiary/aromatic N) is 2. The van der Waals surface area contributed by atoms with Crippen LogP contribution in [-0.4, -0.2) is 19.9 Å². The van der Waals surface area contributed by atoms with E-state index < -0.39 is 0 Å². The average Bonchev–Trinajstić information content (AvgIpc) is 3.31. The van der Waals surface area contributed by atoms with E-state index in [4.69, 9.17) is 16.6 Å². The van der Waals surface area contributed by atoms with Gasteiger partial charge in [-0.15, -0.1) is 11.3 Å². The normalized spacial score (nSPS) is 11.5. The second-order valence-electron chi connectivity index (χ2n) is 5.53. The van der Waals surface area contributed by atoms with E-state index in [9.17, 15) is 0 Å². The van der Waals surface area contributed by atoms with Crippen LogP contribution in [0.15, 0.2) is 54.3 Å². The number of rotatable bonds is 2. The number of pyridine rings is 1. The van der Waals surface area contributed by atoms with Crippen molar-refractivity contribution in [3.05, 3.63) is 59.3 Å². The van der Waals surface area contributed by atoms with Gasteiger partial charge in [0.05, 0.1) is 5.69 Å². The lowest BCUT2D eigenvalue weighted by Crippen LogP contribution is -1.78. The van der Waals surface area contributed by atoms with Crippen LogP contribution in [0.3, 0.4) is 0 Å². The first-order valence-corrected chi connectivity index (χ1v) is 8.70. The fourth-order valence-corrected chi connectivity index (χ4v) is 3.98. The maximum atomic E-state index is 6.14. The second kappa shape index (κ2) is 5.19. The van der Waals surface area contributed by atoms with E-state index in [2.05, 4.69) is 26.4 Å². The van der Waals surface area contributed by atoms with Crippen LogP contribution in [-0.2, 0) is 0 Å². The summed E-state index contributed by atoms with van der Waals surface area (Å²) in [6.07, 6.45) is 5.73. The summed E-state index contributed by atoms with van der Waals surface area (Å²) in [5, 5.41) is 5.94. The largest absolute Gasteiger partial charge is 0.360 e. The number of aromatic amines is 2. The molecule has 0 radical (unpaired) electrons. The van der Waals surface area contributed by atoms with Gasteiger partial charge in [0.25, 0.3) is 0 Å². The Morgan fingerprint density at radius 1 is 1.00 bits per heavy atom. The summed E-state index contributed by atoms with van der Waals surface area (Å²) >= 11 is 7.77. The minimum Gasteiger partial charge on any atom is -0.360 e. The third-order valence-electron chi connectivity index (χ3n) is 4.11. The molecule has 0 amide bonds. The van der Waals surface area contributed by atoms with E-state index in [1.165, 1.54) is 0 Å². The summed E-state index contributed by atoms with van der Waals surface area (Å²) in [6.45, 7) is 0. The Hall–Kier alpha value is -2.63. The number of nitrogens with one attached hydrogen (secondary N) is 2. The highest BCUT2D eigenvalue weighted by molar-refractivity contribution is 7.13. The summed E-state index contributed by atoms with van der Waals surface area (Å²) < 4.78 is 0. The first-order valence-electron chi connectivity index (χ1n) is 7.44. The van der Waals surface area contributed by atoms with E-state index in [0.29, 0.717) is 0 Å². The van der Waals surface area contributed by atoms with Crippen molar-refractivity contribution in [1.82, 2.24) is 19.9 Å². The van der Waals surface area contributed by atoms with Gasteiger partial charge in [-0.05, 0) is 30.3 Å². The topological polar surface area (TPSA) is 57.4 Å². The van der Waals surface area contributed by atoms with E-state index in [1.54, 1.807) is 17.5 Å². The number of H-pyrrole nitrogens is 2. The van der Waals surface area contributed by atoms with Crippen LogP contribution in [0.4, 0.5) is 0 Å². The smallest absolute Gasteiger partial charge is 0.137 e. The number of benzene rings is 1. The van der Waals surface area contributed by atoms with Gasteiger partial charge in [0.15, 0.2) is 0 Å². The van der Waals surface area contributed by atoms with Crippen molar-refractivity contribution in [2.45, 2.75) is 0 Å². The number of halogens is 1. The predicted molar refractivity (Wildman–Crippen MR) is 99.5 cm³/mol. The third kappa shape index (κ3) is 2.06. The number of hydrogen-bond donors (Lipinski definition) is 2. The quantitative estimate of drug-likeness (QED) is 0.442. The van der Waals surface area contributed by atoms with Gasteiger partial charge in [-0.1, -0.05) is 11.6 Å². The molecule has 0 atom stereocenters. The van der Waals surface area contributed by atoms with E-state index in [-0.39, 0.29) is 0 Å². The molecule has 0 spiro atoms. The van der Waals surface area contributed by atoms with Crippen molar-refractivity contribution in [3.8, 4) is 21.8 Å². The molecule has 4 heterocycles. The summed E-state index contributed by atoms with van der Waals surface area (Å²) in [5.41, 5.74) is 5.02. The molecule has 116 valence electrons. The third-order valence-corrected chi connectivity index (χ3v) is 5.22. The summed E-state index contributed by atoms with van der Waals surface area (Å²) in [7, 11) is 0. The Bertz CT molecular complexity index is 1180. The monoisotopic (exact) mass is 350 g/mol. The van der Waals surface area contributed by atoms with Gasteiger partial charge in [-0.3, -0.25) is 0 Å². The first kappa shape index (κ1) is 13.8. The van der Waals surface area contributed by atoms with E-state index in [0.717, 1.165) is 48.8 Å². The van der Waals surface area contributed by atoms with Crippen LogP contribution >= 0.6 is 22.9 Å². The standard InChI is InChI=1S/C18H11ClN4S/c19-10-3-4-15-12(6-10)14(8-21-15)18-23-16(9-24-18)13-7-22-17-11(13)2-1-5-20-17/h1-9,21H,(H,20,22). The minimum atomic E-state index is 0.725. The molecule has 0 saturated carbocycles. The Labute approximate surface area is 146 Å². The fourth-order valence-electron chi connectivity index (χ4n) is 2.96. The maximum absolute atomic E-state index is 6.14. The molecule has 4 aromatic heterocycles. The molecule has 0 aliphatic carbocycles. The molecule has 0 aliphatic heterocycles. The Morgan fingerprint density at radius 2 is 1.92 bits per heavy atom. The zero-order valence-electron chi connectivity index (χ0n) is 12.4. The molecule has 0 bridgehead atoms. The Balaban J connectivity index is 1.65. The predicted octanol–water partition coefficient (Wildman–Crippen LogP) is 5.49. The van der Waals surface area contributed by atoms with Crippen LogP contribution in [0.25, 0.3) is 43.8 Å². The molecule has 0 unspecified atom stereocenters. The van der Waals surface area contributed by atoms with Gasteiger partial charge in [0.1, 0.15) is 10.7 Å². The van der Waals surface area contributed by atoms with Crippen LogP contribution < -0.4 is 0 Å². The lowest BCUT2D eigenvalue weighted by atomic mass is 10.1. The first-order chi connectivity index (χ1) is 11.8. The van der Waals surface area contributed by atoms with Crippen molar-refractivity contribution in [3.63, 3.8) is 0 Å². The Kier molecular flexibility index (Phi) is 2.98. The number of aromatic nitrogens is 4. The second-order valence-corrected chi connectivity index (χ2v) is 6.83. The van der Waals surface area contributed by atoms with Crippen LogP contribution in [0.2, 0.25) is 5.02 Å². The fraction of sp³-hybridized carbons (Fsp3) is 0. The van der Waals surface area contributed by atoms with E-state index >= 15 is 0 Å². The molecular formula is C18H11ClN4S. The molecule has 0 saturated heterocycles. The summed E-state index contributed by atoms with van der Waals surface area (Å²) in [5.74, 6) is 0. The zero-order valence-corrected chi connectivity index (χ0v) is 13.9. The maximum Gasteiger partial charge on any atom is 0.137 e. The molecule has 2 N–H and O–H groups in total. The summed E-state index contributed by atoms with van der Waals surface area (Å²) in [4.78, 5) is 15.6. The van der Waals surface area contributed by atoms with Gasteiger partial charge >= 0.3 is 0 Å². The molecule has 0 aliphatic rings. The molecule has 0 fully saturated rings. The van der Waals surface area contributed by atoms with Crippen molar-refractivity contribution < 1.29 is 0 Å². The van der Waals surface area contributed by atoms with Crippen LogP contribution in [0.1, 0.15) is 0 Å². The lowest BCUT2D eigenvalue weighted by Gasteiger charge is -1.96. The molecular weight excluding hydrogens is 340 g/mol. The lowest BCUT2D eigenvalue weighted by molar-refractivity contribution is 1.32. The van der Waals surface area contributed by atoms with Gasteiger partial charge in [-0.25, -0.2) is 9.97 Å². The van der Waals surface area contributed by atoms with Gasteiger partial charge in [0.2, 0.25) is 0 Å². The van der Waals surface area contributed by atoms with Crippen LogP contribution in [0, 0.1) is 0 Å². The van der Waals surface area contributed by atoms with Crippen molar-refractivity contribution in [1.29, 1.82) is 0 Å². The zero-order chi connectivity index (χ0) is 16.1. The average molecular weight is 351 g/mol. The highest BCUT2D eigenvalue weighted by Crippen LogP contribution is 2.36. The molecule has 5 rings (SSSR count). The summed E-state index contributed by atoms with van der Waals surface area (Å²) in [6, 6.07) is 9.84. The molecule has 6 heteroatoms. The van der Waals surface area contributed by atoms with Gasteiger partial charge < -0.3 is 9.97 Å².